The van der Waals surface area contributed by atoms with Gasteiger partial charge in [-0.15, -0.1) is 0 Å². The minimum Gasteiger partial charge on any atom is -0.497 e. The highest BCUT2D eigenvalue weighted by molar-refractivity contribution is 5.41. The van der Waals surface area contributed by atoms with Gasteiger partial charge in [0.2, 0.25) is 0 Å². The van der Waals surface area contributed by atoms with E-state index in [4.69, 9.17) is 4.74 Å². The lowest BCUT2D eigenvalue weighted by molar-refractivity contribution is 0.0760. The summed E-state index contributed by atoms with van der Waals surface area (Å²) in [6, 6.07) is 6.20. The molecule has 0 saturated heterocycles. The van der Waals surface area contributed by atoms with Gasteiger partial charge in [-0.25, -0.2) is 0 Å². The lowest BCUT2D eigenvalue weighted by atomic mass is 10.1. The van der Waals surface area contributed by atoms with Crippen molar-refractivity contribution < 1.29 is 9.84 Å². The van der Waals surface area contributed by atoms with Crippen LogP contribution in [0.25, 0.3) is 0 Å². The highest BCUT2D eigenvalue weighted by atomic mass is 16.5. The Kier molecular flexibility index (Phi) is 3.69. The second-order valence-electron chi connectivity index (χ2n) is 4.76. The van der Waals surface area contributed by atoms with Gasteiger partial charge in [0, 0.05) is 6.04 Å². The van der Waals surface area contributed by atoms with E-state index in [1.165, 1.54) is 5.56 Å². The number of hydrogen-bond donors (Lipinski definition) is 1. The van der Waals surface area contributed by atoms with E-state index in [-0.39, 0.29) is 6.04 Å². The van der Waals surface area contributed by atoms with Crippen LogP contribution in [0.5, 0.6) is 5.75 Å². The molecule has 0 radical (unpaired) electrons. The molecule has 17 heavy (non-hydrogen) atoms. The zero-order chi connectivity index (χ0) is 12.4. The first-order valence-electron chi connectivity index (χ1n) is 6.22. The quantitative estimate of drug-likeness (QED) is 0.866. The van der Waals surface area contributed by atoms with Crippen LogP contribution in [0, 0.1) is 0 Å². The van der Waals surface area contributed by atoms with Crippen molar-refractivity contribution in [2.75, 3.05) is 20.7 Å². The molecule has 0 saturated carbocycles. The first kappa shape index (κ1) is 12.4. The molecule has 1 aliphatic rings. The smallest absolute Gasteiger partial charge is 0.119 e. The molecule has 1 N–H and O–H groups in total. The second kappa shape index (κ2) is 5.07. The van der Waals surface area contributed by atoms with Crippen molar-refractivity contribution >= 4 is 0 Å². The van der Waals surface area contributed by atoms with Crippen LogP contribution >= 0.6 is 0 Å². The third-order valence-corrected chi connectivity index (χ3v) is 3.61. The summed E-state index contributed by atoms with van der Waals surface area (Å²) in [6.07, 6.45) is 1.65. The first-order chi connectivity index (χ1) is 8.17. The molecule has 3 nitrogen and oxygen atoms in total. The van der Waals surface area contributed by atoms with Crippen molar-refractivity contribution in [3.8, 4) is 5.75 Å². The Balaban J connectivity index is 2.20. The molecular formula is C14H21NO2. The van der Waals surface area contributed by atoms with Crippen LogP contribution in [0.3, 0.4) is 0 Å². The minimum absolute atomic E-state index is 0.206. The van der Waals surface area contributed by atoms with Crippen LogP contribution in [0.2, 0.25) is 0 Å². The molecular weight excluding hydrogens is 214 g/mol. The van der Waals surface area contributed by atoms with E-state index in [0.717, 1.165) is 30.7 Å². The summed E-state index contributed by atoms with van der Waals surface area (Å²) >= 11 is 0. The molecule has 0 heterocycles. The molecule has 0 bridgehead atoms. The summed E-state index contributed by atoms with van der Waals surface area (Å²) in [5.74, 6) is 0.821. The van der Waals surface area contributed by atoms with E-state index in [1.54, 1.807) is 7.11 Å². The molecule has 94 valence electrons. The zero-order valence-corrected chi connectivity index (χ0v) is 10.8. The molecule has 0 aliphatic heterocycles. The van der Waals surface area contributed by atoms with Crippen molar-refractivity contribution in [1.82, 2.24) is 4.90 Å². The van der Waals surface area contributed by atoms with Crippen LogP contribution in [0.4, 0.5) is 0 Å². The highest BCUT2D eigenvalue weighted by Gasteiger charge is 2.33. The Bertz CT molecular complexity index is 392. The Hall–Kier alpha value is -1.06. The van der Waals surface area contributed by atoms with Gasteiger partial charge in [0.15, 0.2) is 0 Å². The Morgan fingerprint density at radius 3 is 2.88 bits per heavy atom. The van der Waals surface area contributed by atoms with E-state index in [2.05, 4.69) is 24.9 Å². The van der Waals surface area contributed by atoms with Crippen LogP contribution in [0.1, 0.15) is 30.6 Å². The molecule has 0 spiro atoms. The monoisotopic (exact) mass is 235 g/mol. The molecule has 2 unspecified atom stereocenters. The van der Waals surface area contributed by atoms with Gasteiger partial charge in [0.25, 0.3) is 0 Å². The number of fused-ring (bicyclic) bond motifs is 1. The predicted molar refractivity (Wildman–Crippen MR) is 68.4 cm³/mol. The van der Waals surface area contributed by atoms with E-state index in [9.17, 15) is 5.11 Å². The molecule has 1 aromatic rings. The van der Waals surface area contributed by atoms with Crippen molar-refractivity contribution in [3.63, 3.8) is 0 Å². The fourth-order valence-corrected chi connectivity index (χ4v) is 2.62. The SMILES string of the molecule is CCCN(C)C1Cc2ccc(OC)cc2C1O. The molecule has 0 fully saturated rings. The maximum absolute atomic E-state index is 10.4. The fourth-order valence-electron chi connectivity index (χ4n) is 2.62. The summed E-state index contributed by atoms with van der Waals surface area (Å²) in [4.78, 5) is 2.25. The topological polar surface area (TPSA) is 32.7 Å². The maximum Gasteiger partial charge on any atom is 0.119 e. The van der Waals surface area contributed by atoms with Crippen LogP contribution in [-0.2, 0) is 6.42 Å². The third-order valence-electron chi connectivity index (χ3n) is 3.61. The van der Waals surface area contributed by atoms with Gasteiger partial charge in [-0.05, 0) is 49.7 Å². The van der Waals surface area contributed by atoms with Crippen molar-refractivity contribution in [2.24, 2.45) is 0 Å². The Morgan fingerprint density at radius 1 is 1.47 bits per heavy atom. The molecule has 0 amide bonds. The number of benzene rings is 1. The van der Waals surface area contributed by atoms with Gasteiger partial charge in [0.1, 0.15) is 5.75 Å². The molecule has 1 aliphatic carbocycles. The van der Waals surface area contributed by atoms with Gasteiger partial charge in [-0.2, -0.15) is 0 Å². The van der Waals surface area contributed by atoms with Gasteiger partial charge >= 0.3 is 0 Å². The summed E-state index contributed by atoms with van der Waals surface area (Å²) in [5, 5.41) is 10.4. The van der Waals surface area contributed by atoms with Gasteiger partial charge in [0.05, 0.1) is 13.2 Å². The van der Waals surface area contributed by atoms with Gasteiger partial charge < -0.3 is 14.7 Å². The summed E-state index contributed by atoms with van der Waals surface area (Å²) < 4.78 is 5.21. The Morgan fingerprint density at radius 2 is 2.24 bits per heavy atom. The zero-order valence-electron chi connectivity index (χ0n) is 10.8. The standard InChI is InChI=1S/C14H21NO2/c1-4-7-15(2)13-8-10-5-6-11(17-3)9-12(10)14(13)16/h5-6,9,13-14,16H,4,7-8H2,1-3H3. The number of hydrogen-bond acceptors (Lipinski definition) is 3. The van der Waals surface area contributed by atoms with E-state index < -0.39 is 6.10 Å². The average molecular weight is 235 g/mol. The number of aliphatic hydroxyl groups excluding tert-OH is 1. The van der Waals surface area contributed by atoms with Crippen molar-refractivity contribution in [3.05, 3.63) is 29.3 Å². The third kappa shape index (κ3) is 2.31. The van der Waals surface area contributed by atoms with Crippen molar-refractivity contribution in [2.45, 2.75) is 31.9 Å². The normalized spacial score (nSPS) is 22.9. The highest BCUT2D eigenvalue weighted by Crippen LogP contribution is 2.36. The minimum atomic E-state index is -0.392. The summed E-state index contributed by atoms with van der Waals surface area (Å²) in [6.45, 7) is 3.18. The molecule has 3 heteroatoms. The van der Waals surface area contributed by atoms with E-state index in [1.807, 2.05) is 12.1 Å². The number of nitrogens with zero attached hydrogens (tertiary/aromatic N) is 1. The summed E-state index contributed by atoms with van der Waals surface area (Å²) in [7, 11) is 3.74. The number of methoxy groups -OCH3 is 1. The first-order valence-corrected chi connectivity index (χ1v) is 6.22. The van der Waals surface area contributed by atoms with E-state index >= 15 is 0 Å². The fraction of sp³-hybridized carbons (Fsp3) is 0.571. The molecule has 1 aromatic carbocycles. The average Bonchev–Trinajstić information content (AvgIpc) is 2.67. The van der Waals surface area contributed by atoms with Crippen LogP contribution in [0.15, 0.2) is 18.2 Å². The van der Waals surface area contributed by atoms with Gasteiger partial charge in [-0.1, -0.05) is 13.0 Å². The van der Waals surface area contributed by atoms with Gasteiger partial charge in [-0.3, -0.25) is 0 Å². The second-order valence-corrected chi connectivity index (χ2v) is 4.76. The van der Waals surface area contributed by atoms with E-state index in [0.29, 0.717) is 0 Å². The van der Waals surface area contributed by atoms with Crippen molar-refractivity contribution in [1.29, 1.82) is 0 Å². The molecule has 0 aromatic heterocycles. The van der Waals surface area contributed by atoms with Crippen LogP contribution in [-0.4, -0.2) is 36.8 Å². The number of ether oxygens (including phenoxy) is 1. The lowest BCUT2D eigenvalue weighted by Gasteiger charge is -2.26. The number of aliphatic hydroxyl groups is 1. The number of rotatable bonds is 4. The molecule has 2 atom stereocenters. The lowest BCUT2D eigenvalue weighted by Crippen LogP contribution is -2.35. The molecule has 2 rings (SSSR count). The maximum atomic E-state index is 10.4. The largest absolute Gasteiger partial charge is 0.497 e. The number of likely N-dealkylation sites (N-methyl/N-ethyl adjacent to an activating group) is 1. The predicted octanol–water partition coefficient (Wildman–Crippen LogP) is 2.00. The summed E-state index contributed by atoms with van der Waals surface area (Å²) in [5.41, 5.74) is 2.27. The Labute approximate surface area is 103 Å². The van der Waals surface area contributed by atoms with Crippen LogP contribution < -0.4 is 4.74 Å².